The van der Waals surface area contributed by atoms with Crippen LogP contribution in [0.3, 0.4) is 0 Å². The molecule has 30 heavy (non-hydrogen) atoms. The van der Waals surface area contributed by atoms with Crippen molar-refractivity contribution in [1.82, 2.24) is 4.90 Å². The summed E-state index contributed by atoms with van der Waals surface area (Å²) in [6.07, 6.45) is 0. The molecule has 162 valence electrons. The molecular formula is C23H29NO5S. The lowest BCUT2D eigenvalue weighted by Gasteiger charge is -2.32. The second-order valence-corrected chi connectivity index (χ2v) is 8.30. The maximum absolute atomic E-state index is 10.6. The lowest BCUT2D eigenvalue weighted by Crippen LogP contribution is -2.43. The minimum absolute atomic E-state index is 0.0277. The maximum Gasteiger partial charge on any atom is 0.335 e. The van der Waals surface area contributed by atoms with Crippen LogP contribution in [0.2, 0.25) is 0 Å². The van der Waals surface area contributed by atoms with Crippen LogP contribution >= 0.6 is 11.8 Å². The molecule has 1 atom stereocenters. The zero-order chi connectivity index (χ0) is 22.1. The van der Waals surface area contributed by atoms with E-state index < -0.39 is 11.9 Å². The average Bonchev–Trinajstić information content (AvgIpc) is 2.74. The first-order chi connectivity index (χ1) is 14.3. The zero-order valence-corrected chi connectivity index (χ0v) is 18.4. The van der Waals surface area contributed by atoms with Gasteiger partial charge in [0.05, 0.1) is 24.3 Å². The summed E-state index contributed by atoms with van der Waals surface area (Å²) in [5.74, 6) is -1.07. The number of hydrogen-bond acceptors (Lipinski definition) is 5. The molecule has 1 aliphatic rings. The number of aromatic carboxylic acids is 2. The van der Waals surface area contributed by atoms with Crippen molar-refractivity contribution in [2.75, 3.05) is 32.1 Å². The van der Waals surface area contributed by atoms with Crippen molar-refractivity contribution in [2.24, 2.45) is 0 Å². The molecule has 1 aliphatic heterocycles. The van der Waals surface area contributed by atoms with Crippen LogP contribution in [-0.2, 0) is 4.74 Å². The monoisotopic (exact) mass is 431 g/mol. The predicted molar refractivity (Wildman–Crippen MR) is 119 cm³/mol. The molecule has 2 aromatic carbocycles. The largest absolute Gasteiger partial charge is 0.478 e. The summed E-state index contributed by atoms with van der Waals surface area (Å²) in [5.41, 5.74) is 1.66. The minimum atomic E-state index is -1.11. The molecule has 7 heteroatoms. The van der Waals surface area contributed by atoms with Gasteiger partial charge in [0.2, 0.25) is 0 Å². The molecule has 1 fully saturated rings. The summed E-state index contributed by atoms with van der Waals surface area (Å²) in [4.78, 5) is 25.1. The average molecular weight is 432 g/mol. The van der Waals surface area contributed by atoms with Gasteiger partial charge in [-0.05, 0) is 50.6 Å². The highest BCUT2D eigenvalue weighted by atomic mass is 32.2. The fourth-order valence-electron chi connectivity index (χ4n) is 3.07. The second-order valence-electron chi connectivity index (χ2n) is 7.21. The lowest BCUT2D eigenvalue weighted by molar-refractivity contribution is 0.0246. The van der Waals surface area contributed by atoms with E-state index in [0.717, 1.165) is 32.1 Å². The third kappa shape index (κ3) is 7.16. The molecule has 0 saturated carbocycles. The van der Waals surface area contributed by atoms with E-state index in [9.17, 15) is 9.59 Å². The SMILES string of the molecule is Cc1c(C(=O)O)cccc1C(=O)O.Cc1ccc(SCC(C)N2CCOCC2)cc1. The Morgan fingerprint density at radius 1 is 1.00 bits per heavy atom. The Labute approximate surface area is 181 Å². The standard InChI is InChI=1S/C14H21NOS.C9H8O4/c1-12-3-5-14(6-4-12)17-11-13(2)15-7-9-16-10-8-15;1-5-6(8(10)11)3-2-4-7(5)9(12)13/h3-6,13H,7-11H2,1-2H3;2-4H,1H3,(H,10,11)(H,12,13). The molecule has 1 unspecified atom stereocenters. The fourth-order valence-corrected chi connectivity index (χ4v) is 4.05. The number of morpholine rings is 1. The number of ether oxygens (including phenoxy) is 1. The van der Waals surface area contributed by atoms with Crippen molar-refractivity contribution in [2.45, 2.75) is 31.7 Å². The van der Waals surface area contributed by atoms with Gasteiger partial charge in [0.15, 0.2) is 0 Å². The summed E-state index contributed by atoms with van der Waals surface area (Å²) in [6, 6.07) is 13.6. The number of carbonyl (C=O) groups is 2. The van der Waals surface area contributed by atoms with Crippen LogP contribution in [0, 0.1) is 13.8 Å². The van der Waals surface area contributed by atoms with Gasteiger partial charge in [-0.2, -0.15) is 0 Å². The number of benzene rings is 2. The van der Waals surface area contributed by atoms with Crippen LogP contribution in [0.25, 0.3) is 0 Å². The number of thioether (sulfide) groups is 1. The number of aryl methyl sites for hydroxylation is 1. The first-order valence-corrected chi connectivity index (χ1v) is 10.9. The third-order valence-electron chi connectivity index (χ3n) is 4.98. The van der Waals surface area contributed by atoms with Gasteiger partial charge in [-0.3, -0.25) is 4.90 Å². The van der Waals surface area contributed by atoms with Gasteiger partial charge >= 0.3 is 11.9 Å². The van der Waals surface area contributed by atoms with E-state index in [2.05, 4.69) is 43.0 Å². The van der Waals surface area contributed by atoms with Crippen LogP contribution < -0.4 is 0 Å². The first kappa shape index (κ1) is 23.9. The molecule has 1 heterocycles. The van der Waals surface area contributed by atoms with Gasteiger partial charge < -0.3 is 14.9 Å². The van der Waals surface area contributed by atoms with Crippen LogP contribution in [0.1, 0.15) is 38.8 Å². The summed E-state index contributed by atoms with van der Waals surface area (Å²) in [7, 11) is 0. The topological polar surface area (TPSA) is 87.1 Å². The lowest BCUT2D eigenvalue weighted by atomic mass is 10.0. The van der Waals surface area contributed by atoms with Crippen LogP contribution in [0.5, 0.6) is 0 Å². The Bertz CT molecular complexity index is 815. The Morgan fingerprint density at radius 2 is 1.53 bits per heavy atom. The number of carboxylic acid groups (broad SMARTS) is 2. The van der Waals surface area contributed by atoms with Crippen molar-refractivity contribution in [3.8, 4) is 0 Å². The highest BCUT2D eigenvalue weighted by Crippen LogP contribution is 2.21. The zero-order valence-electron chi connectivity index (χ0n) is 17.6. The van der Waals surface area contributed by atoms with Crippen LogP contribution in [0.15, 0.2) is 47.4 Å². The van der Waals surface area contributed by atoms with Crippen molar-refractivity contribution >= 4 is 23.7 Å². The first-order valence-electron chi connectivity index (χ1n) is 9.87. The van der Waals surface area contributed by atoms with Crippen LogP contribution in [-0.4, -0.2) is 65.1 Å². The summed E-state index contributed by atoms with van der Waals surface area (Å²) >= 11 is 1.95. The van der Waals surface area contributed by atoms with Crippen molar-refractivity contribution in [3.05, 3.63) is 64.7 Å². The molecule has 0 aromatic heterocycles. The number of nitrogens with zero attached hydrogens (tertiary/aromatic N) is 1. The van der Waals surface area contributed by atoms with Crippen molar-refractivity contribution in [1.29, 1.82) is 0 Å². The van der Waals surface area contributed by atoms with E-state index in [-0.39, 0.29) is 16.7 Å². The van der Waals surface area contributed by atoms with Gasteiger partial charge in [0.1, 0.15) is 0 Å². The van der Waals surface area contributed by atoms with E-state index in [1.807, 2.05) is 11.8 Å². The Hall–Kier alpha value is -2.35. The highest BCUT2D eigenvalue weighted by molar-refractivity contribution is 7.99. The van der Waals surface area contributed by atoms with E-state index in [0.29, 0.717) is 6.04 Å². The molecule has 2 N–H and O–H groups in total. The van der Waals surface area contributed by atoms with E-state index in [1.54, 1.807) is 0 Å². The fraction of sp³-hybridized carbons (Fsp3) is 0.391. The third-order valence-corrected chi connectivity index (χ3v) is 6.23. The summed E-state index contributed by atoms with van der Waals surface area (Å²) in [6.45, 7) is 9.86. The number of hydrogen-bond donors (Lipinski definition) is 2. The van der Waals surface area contributed by atoms with Crippen LogP contribution in [0.4, 0.5) is 0 Å². The summed E-state index contributed by atoms with van der Waals surface area (Å²) in [5, 5.41) is 17.4. The molecule has 6 nitrogen and oxygen atoms in total. The number of rotatable bonds is 6. The van der Waals surface area contributed by atoms with E-state index >= 15 is 0 Å². The van der Waals surface area contributed by atoms with Gasteiger partial charge in [-0.1, -0.05) is 23.8 Å². The molecule has 3 rings (SSSR count). The van der Waals surface area contributed by atoms with E-state index in [1.165, 1.54) is 35.6 Å². The van der Waals surface area contributed by atoms with Crippen molar-refractivity contribution in [3.63, 3.8) is 0 Å². The number of carboxylic acids is 2. The highest BCUT2D eigenvalue weighted by Gasteiger charge is 2.17. The Morgan fingerprint density at radius 3 is 2.03 bits per heavy atom. The van der Waals surface area contributed by atoms with Gasteiger partial charge in [-0.15, -0.1) is 11.8 Å². The molecule has 0 aliphatic carbocycles. The van der Waals surface area contributed by atoms with Crippen molar-refractivity contribution < 1.29 is 24.5 Å². The Kier molecular flexibility index (Phi) is 9.36. The van der Waals surface area contributed by atoms with Gasteiger partial charge in [0.25, 0.3) is 0 Å². The normalized spacial score (nSPS) is 15.0. The van der Waals surface area contributed by atoms with E-state index in [4.69, 9.17) is 14.9 Å². The predicted octanol–water partition coefficient (Wildman–Crippen LogP) is 4.20. The molecule has 0 amide bonds. The van der Waals surface area contributed by atoms with Gasteiger partial charge in [-0.25, -0.2) is 9.59 Å². The molecule has 0 bridgehead atoms. The summed E-state index contributed by atoms with van der Waals surface area (Å²) < 4.78 is 5.38. The maximum atomic E-state index is 10.6. The second kappa shape index (κ2) is 11.7. The quantitative estimate of drug-likeness (QED) is 0.663. The molecule has 0 radical (unpaired) electrons. The minimum Gasteiger partial charge on any atom is -0.478 e. The molecule has 2 aromatic rings. The molecule has 0 spiro atoms. The Balaban J connectivity index is 0.000000222. The van der Waals surface area contributed by atoms with Gasteiger partial charge in [0, 0.05) is 29.8 Å². The molecular weight excluding hydrogens is 402 g/mol. The smallest absolute Gasteiger partial charge is 0.335 e. The molecule has 1 saturated heterocycles.